The van der Waals surface area contributed by atoms with Crippen molar-refractivity contribution in [2.75, 3.05) is 23.9 Å². The zero-order valence-corrected chi connectivity index (χ0v) is 14.3. The molecule has 0 aromatic heterocycles. The molecule has 2 aromatic rings. The number of anilines is 2. The van der Waals surface area contributed by atoms with Gasteiger partial charge in [-0.1, -0.05) is 0 Å². The molecule has 140 valence electrons. The average molecular weight is 373 g/mol. The van der Waals surface area contributed by atoms with Crippen LogP contribution >= 0.6 is 0 Å². The minimum absolute atomic E-state index is 0.0333. The predicted molar refractivity (Wildman–Crippen MR) is 95.1 cm³/mol. The van der Waals surface area contributed by atoms with Crippen LogP contribution in [0.2, 0.25) is 0 Å². The number of hydrogen-bond acceptors (Lipinski definition) is 5. The van der Waals surface area contributed by atoms with Crippen LogP contribution in [-0.4, -0.2) is 30.4 Å². The number of nitro benzene ring substituents is 1. The fourth-order valence-electron chi connectivity index (χ4n) is 2.85. The molecule has 3 rings (SSSR count). The summed E-state index contributed by atoms with van der Waals surface area (Å²) in [4.78, 5) is 36.3. The van der Waals surface area contributed by atoms with Crippen LogP contribution in [0.5, 0.6) is 5.75 Å². The number of non-ortho nitro benzene ring substituents is 1. The molecule has 0 saturated carbocycles. The van der Waals surface area contributed by atoms with Crippen LogP contribution in [0.15, 0.2) is 42.5 Å². The van der Waals surface area contributed by atoms with Gasteiger partial charge in [0.25, 0.3) is 5.69 Å². The summed E-state index contributed by atoms with van der Waals surface area (Å²) in [6.45, 7) is 0.132. The Kier molecular flexibility index (Phi) is 5.02. The summed E-state index contributed by atoms with van der Waals surface area (Å²) in [7, 11) is 1.53. The number of nitrogens with one attached hydrogen (secondary N) is 1. The number of amides is 2. The Balaban J connectivity index is 1.72. The van der Waals surface area contributed by atoms with E-state index in [9.17, 15) is 24.1 Å². The fourth-order valence-corrected chi connectivity index (χ4v) is 2.85. The zero-order chi connectivity index (χ0) is 19.6. The first-order valence-corrected chi connectivity index (χ1v) is 8.08. The molecule has 1 atom stereocenters. The summed E-state index contributed by atoms with van der Waals surface area (Å²) >= 11 is 0. The van der Waals surface area contributed by atoms with Crippen molar-refractivity contribution >= 4 is 28.9 Å². The molecule has 1 aliphatic rings. The van der Waals surface area contributed by atoms with Gasteiger partial charge in [0.2, 0.25) is 11.8 Å². The van der Waals surface area contributed by atoms with Crippen molar-refractivity contribution in [3.63, 3.8) is 0 Å². The molecule has 1 N–H and O–H groups in total. The highest BCUT2D eigenvalue weighted by Crippen LogP contribution is 2.28. The predicted octanol–water partition coefficient (Wildman–Crippen LogP) is 2.73. The number of carbonyl (C=O) groups is 2. The largest absolute Gasteiger partial charge is 0.497 e. The van der Waals surface area contributed by atoms with Gasteiger partial charge in [0.1, 0.15) is 11.6 Å². The Morgan fingerprint density at radius 3 is 2.63 bits per heavy atom. The highest BCUT2D eigenvalue weighted by atomic mass is 19.1. The standard InChI is InChI=1S/C18H16FN3O5/c1-27-14-5-2-12(3-6-14)21-10-11(8-17(21)23)18(24)20-16-9-13(22(25)26)4-7-15(16)19/h2-7,9,11H,8,10H2,1H3,(H,20,24)/t11-/m1/s1. The maximum atomic E-state index is 13.8. The summed E-state index contributed by atoms with van der Waals surface area (Å²) < 4.78 is 18.9. The van der Waals surface area contributed by atoms with Gasteiger partial charge in [0, 0.05) is 30.8 Å². The van der Waals surface area contributed by atoms with Crippen molar-refractivity contribution in [1.29, 1.82) is 0 Å². The second-order valence-electron chi connectivity index (χ2n) is 6.01. The van der Waals surface area contributed by atoms with Crippen molar-refractivity contribution in [3.05, 3.63) is 58.4 Å². The summed E-state index contributed by atoms with van der Waals surface area (Å²) in [6, 6.07) is 9.69. The molecular weight excluding hydrogens is 357 g/mol. The third-order valence-electron chi connectivity index (χ3n) is 4.30. The molecular formula is C18H16FN3O5. The number of carbonyl (C=O) groups excluding carboxylic acids is 2. The molecule has 1 heterocycles. The quantitative estimate of drug-likeness (QED) is 0.641. The molecule has 1 fully saturated rings. The Labute approximate surface area is 153 Å². The topological polar surface area (TPSA) is 102 Å². The normalized spacial score (nSPS) is 16.3. The molecule has 0 unspecified atom stereocenters. The van der Waals surface area contributed by atoms with E-state index in [4.69, 9.17) is 4.74 Å². The van der Waals surface area contributed by atoms with Gasteiger partial charge in [-0.15, -0.1) is 0 Å². The second kappa shape index (κ2) is 7.40. The molecule has 0 radical (unpaired) electrons. The summed E-state index contributed by atoms with van der Waals surface area (Å²) in [5, 5.41) is 13.1. The highest BCUT2D eigenvalue weighted by Gasteiger charge is 2.35. The van der Waals surface area contributed by atoms with Crippen LogP contribution in [-0.2, 0) is 9.59 Å². The van der Waals surface area contributed by atoms with Gasteiger partial charge < -0.3 is 15.0 Å². The lowest BCUT2D eigenvalue weighted by molar-refractivity contribution is -0.384. The number of halogens is 1. The van der Waals surface area contributed by atoms with Crippen molar-refractivity contribution in [1.82, 2.24) is 0 Å². The van der Waals surface area contributed by atoms with Crippen LogP contribution in [0.3, 0.4) is 0 Å². The maximum absolute atomic E-state index is 13.8. The van der Waals surface area contributed by atoms with E-state index in [0.29, 0.717) is 11.4 Å². The fraction of sp³-hybridized carbons (Fsp3) is 0.222. The van der Waals surface area contributed by atoms with Crippen LogP contribution in [0.25, 0.3) is 0 Å². The van der Waals surface area contributed by atoms with Gasteiger partial charge >= 0.3 is 0 Å². The minimum Gasteiger partial charge on any atom is -0.497 e. The molecule has 2 aromatic carbocycles. The van der Waals surface area contributed by atoms with E-state index >= 15 is 0 Å². The van der Waals surface area contributed by atoms with Gasteiger partial charge in [-0.25, -0.2) is 4.39 Å². The van der Waals surface area contributed by atoms with Gasteiger partial charge in [0.15, 0.2) is 0 Å². The number of nitro groups is 1. The lowest BCUT2D eigenvalue weighted by Gasteiger charge is -2.17. The van der Waals surface area contributed by atoms with Crippen LogP contribution in [0.1, 0.15) is 6.42 Å². The Morgan fingerprint density at radius 1 is 1.30 bits per heavy atom. The van der Waals surface area contributed by atoms with Gasteiger partial charge in [-0.2, -0.15) is 0 Å². The van der Waals surface area contributed by atoms with E-state index in [2.05, 4.69) is 5.32 Å². The molecule has 0 spiro atoms. The molecule has 1 saturated heterocycles. The zero-order valence-electron chi connectivity index (χ0n) is 14.3. The van der Waals surface area contributed by atoms with Crippen molar-refractivity contribution in [2.45, 2.75) is 6.42 Å². The summed E-state index contributed by atoms with van der Waals surface area (Å²) in [5.41, 5.74) is -0.00349. The Bertz CT molecular complexity index is 900. The monoisotopic (exact) mass is 373 g/mol. The molecule has 8 nitrogen and oxygen atoms in total. The van der Waals surface area contributed by atoms with Gasteiger partial charge in [-0.05, 0) is 30.3 Å². The second-order valence-corrected chi connectivity index (χ2v) is 6.01. The summed E-state index contributed by atoms with van der Waals surface area (Å²) in [5.74, 6) is -1.65. The third kappa shape index (κ3) is 3.86. The average Bonchev–Trinajstić information content (AvgIpc) is 3.05. The van der Waals surface area contributed by atoms with Gasteiger partial charge in [0.05, 0.1) is 23.6 Å². The lowest BCUT2D eigenvalue weighted by Crippen LogP contribution is -2.28. The van der Waals surface area contributed by atoms with Crippen molar-refractivity contribution in [2.24, 2.45) is 5.92 Å². The lowest BCUT2D eigenvalue weighted by atomic mass is 10.1. The molecule has 27 heavy (non-hydrogen) atoms. The molecule has 0 bridgehead atoms. The number of ether oxygens (including phenoxy) is 1. The number of rotatable bonds is 5. The molecule has 0 aliphatic carbocycles. The Hall–Kier alpha value is -3.49. The molecule has 2 amide bonds. The molecule has 9 heteroatoms. The Morgan fingerprint density at radius 2 is 2.00 bits per heavy atom. The van der Waals surface area contributed by atoms with Crippen LogP contribution in [0, 0.1) is 21.8 Å². The first-order chi connectivity index (χ1) is 12.9. The maximum Gasteiger partial charge on any atom is 0.271 e. The first-order valence-electron chi connectivity index (χ1n) is 8.08. The minimum atomic E-state index is -0.787. The van der Waals surface area contributed by atoms with E-state index in [-0.39, 0.29) is 30.2 Å². The van der Waals surface area contributed by atoms with Crippen LogP contribution in [0.4, 0.5) is 21.5 Å². The van der Waals surface area contributed by atoms with E-state index in [0.717, 1.165) is 18.2 Å². The summed E-state index contributed by atoms with van der Waals surface area (Å²) in [6.07, 6.45) is -0.0333. The third-order valence-corrected chi connectivity index (χ3v) is 4.30. The van der Waals surface area contributed by atoms with Gasteiger partial charge in [-0.3, -0.25) is 19.7 Å². The highest BCUT2D eigenvalue weighted by molar-refractivity contribution is 6.03. The number of hydrogen-bond donors (Lipinski definition) is 1. The smallest absolute Gasteiger partial charge is 0.271 e. The van der Waals surface area contributed by atoms with E-state index in [1.165, 1.54) is 12.0 Å². The van der Waals surface area contributed by atoms with Crippen LogP contribution < -0.4 is 15.0 Å². The van der Waals surface area contributed by atoms with E-state index in [1.807, 2.05) is 0 Å². The number of benzene rings is 2. The van der Waals surface area contributed by atoms with Crippen molar-refractivity contribution < 1.29 is 23.6 Å². The molecule has 1 aliphatic heterocycles. The van der Waals surface area contributed by atoms with E-state index in [1.54, 1.807) is 24.3 Å². The number of methoxy groups -OCH3 is 1. The van der Waals surface area contributed by atoms with E-state index < -0.39 is 22.6 Å². The SMILES string of the molecule is COc1ccc(N2C[C@H](C(=O)Nc3cc([N+](=O)[O-])ccc3F)CC2=O)cc1. The number of nitrogens with zero attached hydrogens (tertiary/aromatic N) is 2. The van der Waals surface area contributed by atoms with Crippen molar-refractivity contribution in [3.8, 4) is 5.75 Å². The first kappa shape index (κ1) is 18.3.